The summed E-state index contributed by atoms with van der Waals surface area (Å²) in [6.07, 6.45) is 2.59. The molecule has 4 heteroatoms. The van der Waals surface area contributed by atoms with Crippen molar-refractivity contribution in [2.45, 2.75) is 46.3 Å². The van der Waals surface area contributed by atoms with Crippen molar-refractivity contribution in [1.29, 1.82) is 0 Å². The van der Waals surface area contributed by atoms with Crippen LogP contribution in [0.4, 0.5) is 0 Å². The van der Waals surface area contributed by atoms with Gasteiger partial charge in [-0.25, -0.2) is 0 Å². The third-order valence-corrected chi connectivity index (χ3v) is 3.10. The van der Waals surface area contributed by atoms with Crippen molar-refractivity contribution in [3.05, 3.63) is 18.8 Å². The van der Waals surface area contributed by atoms with Crippen molar-refractivity contribution >= 4 is 0 Å². The summed E-state index contributed by atoms with van der Waals surface area (Å²) in [6, 6.07) is 0. The Morgan fingerprint density at radius 1 is 1.38 bits per heavy atom. The van der Waals surface area contributed by atoms with Gasteiger partial charge >= 0.3 is 0 Å². The second kappa shape index (κ2) is 4.95. The molecule has 0 aliphatic carbocycles. The molecule has 0 aromatic carbocycles. The molecule has 1 radical (unpaired) electrons. The lowest BCUT2D eigenvalue weighted by Crippen LogP contribution is -2.38. The van der Waals surface area contributed by atoms with Crippen LogP contribution >= 0.6 is 0 Å². The van der Waals surface area contributed by atoms with Crippen LogP contribution in [0.2, 0.25) is 0 Å². The molecule has 4 nitrogen and oxygen atoms in total. The van der Waals surface area contributed by atoms with Crippen molar-refractivity contribution in [1.82, 2.24) is 15.0 Å². The zero-order chi connectivity index (χ0) is 12.3. The first-order chi connectivity index (χ1) is 7.42. The van der Waals surface area contributed by atoms with Gasteiger partial charge in [0.15, 0.2) is 0 Å². The summed E-state index contributed by atoms with van der Waals surface area (Å²) in [6.45, 7) is 12.5. The Morgan fingerprint density at radius 2 is 1.94 bits per heavy atom. The number of aliphatic hydroxyl groups is 1. The maximum absolute atomic E-state index is 10.7. The summed E-state index contributed by atoms with van der Waals surface area (Å²) >= 11 is 0. The molecular formula is C12H22N3O. The van der Waals surface area contributed by atoms with Crippen LogP contribution in [-0.4, -0.2) is 20.1 Å². The highest BCUT2D eigenvalue weighted by Crippen LogP contribution is 2.35. The van der Waals surface area contributed by atoms with Gasteiger partial charge in [-0.15, -0.1) is 5.10 Å². The van der Waals surface area contributed by atoms with Crippen LogP contribution in [0.5, 0.6) is 0 Å². The lowest BCUT2D eigenvalue weighted by molar-refractivity contribution is -0.0569. The van der Waals surface area contributed by atoms with Gasteiger partial charge < -0.3 is 5.11 Å². The monoisotopic (exact) mass is 224 g/mol. The van der Waals surface area contributed by atoms with Crippen molar-refractivity contribution in [3.63, 3.8) is 0 Å². The minimum Gasteiger partial charge on any atom is -0.383 e. The van der Waals surface area contributed by atoms with Crippen LogP contribution in [0, 0.1) is 18.8 Å². The summed E-state index contributed by atoms with van der Waals surface area (Å²) in [5.74, 6) is 0.217. The van der Waals surface area contributed by atoms with Gasteiger partial charge in [-0.1, -0.05) is 39.8 Å². The smallest absolute Gasteiger partial charge is 0.115 e. The SMILES string of the molecule is [CH2]CCn1cc(C(O)(C(C)C)C(C)C)nn1. The van der Waals surface area contributed by atoms with Gasteiger partial charge in [0.05, 0.1) is 6.20 Å². The first kappa shape index (κ1) is 13.2. The molecule has 0 amide bonds. The third kappa shape index (κ3) is 2.26. The molecule has 0 unspecified atom stereocenters. The minimum atomic E-state index is -0.903. The number of hydrogen-bond donors (Lipinski definition) is 1. The minimum absolute atomic E-state index is 0.109. The Hall–Kier alpha value is -0.900. The average Bonchev–Trinajstić information content (AvgIpc) is 2.65. The van der Waals surface area contributed by atoms with E-state index in [2.05, 4.69) is 17.2 Å². The molecule has 1 rings (SSSR count). The fourth-order valence-corrected chi connectivity index (χ4v) is 2.01. The molecule has 0 saturated carbocycles. The molecule has 91 valence electrons. The number of nitrogens with zero attached hydrogens (tertiary/aromatic N) is 3. The van der Waals surface area contributed by atoms with Crippen molar-refractivity contribution in [3.8, 4) is 0 Å². The van der Waals surface area contributed by atoms with Crippen LogP contribution in [0.15, 0.2) is 6.20 Å². The van der Waals surface area contributed by atoms with Gasteiger partial charge in [0, 0.05) is 6.54 Å². The lowest BCUT2D eigenvalue weighted by atomic mass is 9.78. The van der Waals surface area contributed by atoms with E-state index in [1.54, 1.807) is 4.68 Å². The maximum Gasteiger partial charge on any atom is 0.115 e. The summed E-state index contributed by atoms with van der Waals surface area (Å²) in [5, 5.41) is 18.8. The first-order valence-corrected chi connectivity index (χ1v) is 5.85. The predicted molar refractivity (Wildman–Crippen MR) is 63.6 cm³/mol. The Kier molecular flexibility index (Phi) is 4.08. The maximum atomic E-state index is 10.7. The Balaban J connectivity index is 3.02. The van der Waals surface area contributed by atoms with E-state index in [4.69, 9.17) is 0 Å². The summed E-state index contributed by atoms with van der Waals surface area (Å²) in [5.41, 5.74) is -0.245. The van der Waals surface area contributed by atoms with E-state index < -0.39 is 5.60 Å². The quantitative estimate of drug-likeness (QED) is 0.832. The Morgan fingerprint density at radius 3 is 2.38 bits per heavy atom. The van der Waals surface area contributed by atoms with E-state index in [1.165, 1.54) is 0 Å². The number of rotatable bonds is 5. The van der Waals surface area contributed by atoms with Crippen LogP contribution in [0.25, 0.3) is 0 Å². The van der Waals surface area contributed by atoms with E-state index in [-0.39, 0.29) is 11.8 Å². The molecule has 0 aliphatic rings. The van der Waals surface area contributed by atoms with Gasteiger partial charge in [-0.2, -0.15) is 0 Å². The van der Waals surface area contributed by atoms with Crippen LogP contribution in [0.3, 0.4) is 0 Å². The van der Waals surface area contributed by atoms with Gasteiger partial charge in [-0.05, 0) is 18.3 Å². The molecule has 1 heterocycles. The molecule has 0 spiro atoms. The molecule has 0 atom stereocenters. The van der Waals surface area contributed by atoms with Crippen molar-refractivity contribution < 1.29 is 5.11 Å². The number of aryl methyl sites for hydroxylation is 1. The second-order valence-electron chi connectivity index (χ2n) is 4.86. The third-order valence-electron chi connectivity index (χ3n) is 3.10. The van der Waals surface area contributed by atoms with E-state index in [1.807, 2.05) is 33.9 Å². The molecule has 0 bridgehead atoms. The molecule has 1 N–H and O–H groups in total. The normalized spacial score (nSPS) is 12.8. The molecule has 0 fully saturated rings. The van der Waals surface area contributed by atoms with Crippen LogP contribution in [-0.2, 0) is 12.1 Å². The number of aromatic nitrogens is 3. The van der Waals surface area contributed by atoms with E-state index in [9.17, 15) is 5.11 Å². The fraction of sp³-hybridized carbons (Fsp3) is 0.750. The zero-order valence-corrected chi connectivity index (χ0v) is 10.6. The molecule has 1 aromatic rings. The molecule has 0 saturated heterocycles. The zero-order valence-electron chi connectivity index (χ0n) is 10.6. The lowest BCUT2D eigenvalue weighted by Gasteiger charge is -2.34. The highest BCUT2D eigenvalue weighted by atomic mass is 16.3. The predicted octanol–water partition coefficient (Wildman–Crippen LogP) is 2.00. The molecular weight excluding hydrogens is 202 g/mol. The summed E-state index contributed by atoms with van der Waals surface area (Å²) < 4.78 is 1.73. The molecule has 0 aliphatic heterocycles. The Labute approximate surface area is 97.7 Å². The van der Waals surface area contributed by atoms with Crippen molar-refractivity contribution in [2.24, 2.45) is 11.8 Å². The van der Waals surface area contributed by atoms with E-state index in [0.717, 1.165) is 13.0 Å². The largest absolute Gasteiger partial charge is 0.383 e. The summed E-state index contributed by atoms with van der Waals surface area (Å²) in [7, 11) is 0. The standard InChI is InChI=1S/C12H22N3O/c1-6-7-15-8-11(13-14-15)12(16,9(2)3)10(4)5/h8-10,16H,1,6-7H2,2-5H3. The highest BCUT2D eigenvalue weighted by Gasteiger charge is 2.39. The number of hydrogen-bond acceptors (Lipinski definition) is 3. The van der Waals surface area contributed by atoms with Gasteiger partial charge in [0.1, 0.15) is 11.3 Å². The summed E-state index contributed by atoms with van der Waals surface area (Å²) in [4.78, 5) is 0. The fourth-order valence-electron chi connectivity index (χ4n) is 2.01. The first-order valence-electron chi connectivity index (χ1n) is 5.85. The van der Waals surface area contributed by atoms with Crippen LogP contribution in [0.1, 0.15) is 39.8 Å². The molecule has 1 aromatic heterocycles. The average molecular weight is 224 g/mol. The van der Waals surface area contributed by atoms with Gasteiger partial charge in [0.25, 0.3) is 0 Å². The van der Waals surface area contributed by atoms with Crippen molar-refractivity contribution in [2.75, 3.05) is 0 Å². The van der Waals surface area contributed by atoms with Crippen LogP contribution < -0.4 is 0 Å². The Bertz CT molecular complexity index is 323. The van der Waals surface area contributed by atoms with Gasteiger partial charge in [0.2, 0.25) is 0 Å². The van der Waals surface area contributed by atoms with E-state index >= 15 is 0 Å². The second-order valence-corrected chi connectivity index (χ2v) is 4.86. The van der Waals surface area contributed by atoms with E-state index in [0.29, 0.717) is 5.69 Å². The highest BCUT2D eigenvalue weighted by molar-refractivity contribution is 5.09. The van der Waals surface area contributed by atoms with Gasteiger partial charge in [-0.3, -0.25) is 4.68 Å². The molecule has 16 heavy (non-hydrogen) atoms. The topological polar surface area (TPSA) is 50.9 Å².